The molecule has 3 rings (SSSR count). The van der Waals surface area contributed by atoms with Crippen molar-refractivity contribution in [2.75, 3.05) is 0 Å². The Hall–Kier alpha value is -2.14. The van der Waals surface area contributed by atoms with Gasteiger partial charge in [-0.3, -0.25) is 0 Å². The number of benzene rings is 2. The third-order valence-corrected chi connectivity index (χ3v) is 4.94. The zero-order valence-corrected chi connectivity index (χ0v) is 13.4. The molecule has 2 heteroatoms. The lowest BCUT2D eigenvalue weighted by molar-refractivity contribution is 0.338. The molecule has 0 radical (unpaired) electrons. The molecule has 0 bridgehead atoms. The summed E-state index contributed by atoms with van der Waals surface area (Å²) in [4.78, 5) is 0. The fourth-order valence-electron chi connectivity index (χ4n) is 3.52. The van der Waals surface area contributed by atoms with Crippen LogP contribution in [0.15, 0.2) is 42.5 Å². The molecule has 0 atom stereocenters. The Morgan fingerprint density at radius 2 is 1.65 bits per heavy atom. The van der Waals surface area contributed by atoms with Crippen LogP contribution in [0.5, 0.6) is 0 Å². The van der Waals surface area contributed by atoms with E-state index in [0.29, 0.717) is 5.56 Å². The molecular weight excluding hydrogens is 285 g/mol. The third-order valence-electron chi connectivity index (χ3n) is 4.94. The number of nitriles is 1. The fourth-order valence-corrected chi connectivity index (χ4v) is 3.52. The van der Waals surface area contributed by atoms with Gasteiger partial charge in [-0.25, -0.2) is 4.39 Å². The molecule has 0 unspecified atom stereocenters. The minimum absolute atomic E-state index is 0.0989. The van der Waals surface area contributed by atoms with Crippen LogP contribution in [-0.4, -0.2) is 0 Å². The Bertz CT molecular complexity index is 691. The molecule has 0 N–H and O–H groups in total. The number of nitrogens with zero attached hydrogens (tertiary/aromatic N) is 1. The number of rotatable bonds is 4. The first kappa shape index (κ1) is 15.7. The average molecular weight is 307 g/mol. The van der Waals surface area contributed by atoms with Crippen LogP contribution < -0.4 is 0 Å². The number of hydrogen-bond donors (Lipinski definition) is 0. The van der Waals surface area contributed by atoms with E-state index in [9.17, 15) is 4.39 Å². The number of hydrogen-bond acceptors (Lipinski definition) is 1. The van der Waals surface area contributed by atoms with Gasteiger partial charge in [0.15, 0.2) is 0 Å². The van der Waals surface area contributed by atoms with Gasteiger partial charge >= 0.3 is 0 Å². The van der Waals surface area contributed by atoms with Crippen LogP contribution in [0.3, 0.4) is 0 Å². The van der Waals surface area contributed by atoms with Gasteiger partial charge in [0.1, 0.15) is 5.82 Å². The van der Waals surface area contributed by atoms with Crippen molar-refractivity contribution in [3.8, 4) is 17.2 Å². The molecule has 1 aliphatic carbocycles. The van der Waals surface area contributed by atoms with E-state index < -0.39 is 0 Å². The molecule has 1 nitrogen and oxygen atoms in total. The summed E-state index contributed by atoms with van der Waals surface area (Å²) in [6.07, 6.45) is 8.54. The van der Waals surface area contributed by atoms with Crippen molar-refractivity contribution in [3.05, 3.63) is 59.4 Å². The van der Waals surface area contributed by atoms with Gasteiger partial charge in [0.05, 0.1) is 11.6 Å². The highest BCUT2D eigenvalue weighted by Gasteiger charge is 2.14. The lowest BCUT2D eigenvalue weighted by atomic mass is 9.85. The first-order chi connectivity index (χ1) is 11.3. The first-order valence-electron chi connectivity index (χ1n) is 8.55. The highest BCUT2D eigenvalue weighted by Crippen LogP contribution is 2.29. The summed E-state index contributed by atoms with van der Waals surface area (Å²) in [6, 6.07) is 15.0. The molecule has 2 aromatic carbocycles. The van der Waals surface area contributed by atoms with Crippen molar-refractivity contribution in [3.63, 3.8) is 0 Å². The van der Waals surface area contributed by atoms with Crippen LogP contribution in [0, 0.1) is 23.1 Å². The molecule has 2 aromatic rings. The maximum absolute atomic E-state index is 14.1. The second kappa shape index (κ2) is 7.42. The lowest BCUT2D eigenvalue weighted by Crippen LogP contribution is -2.07. The van der Waals surface area contributed by atoms with Gasteiger partial charge < -0.3 is 0 Å². The molecule has 0 saturated heterocycles. The summed E-state index contributed by atoms with van der Waals surface area (Å²) in [7, 11) is 0. The average Bonchev–Trinajstić information content (AvgIpc) is 2.62. The van der Waals surface area contributed by atoms with Gasteiger partial charge in [0.25, 0.3) is 0 Å². The Kier molecular flexibility index (Phi) is 5.08. The molecular formula is C21H22FN. The molecule has 1 saturated carbocycles. The van der Waals surface area contributed by atoms with E-state index in [-0.39, 0.29) is 5.82 Å². The highest BCUT2D eigenvalue weighted by molar-refractivity contribution is 5.65. The Morgan fingerprint density at radius 3 is 2.35 bits per heavy atom. The molecule has 0 heterocycles. The highest BCUT2D eigenvalue weighted by atomic mass is 19.1. The van der Waals surface area contributed by atoms with E-state index in [4.69, 9.17) is 5.26 Å². The quantitative estimate of drug-likeness (QED) is 0.692. The van der Waals surface area contributed by atoms with Gasteiger partial charge in [-0.1, -0.05) is 50.3 Å². The normalized spacial score (nSPS) is 15.3. The minimum Gasteiger partial charge on any atom is -0.207 e. The second-order valence-corrected chi connectivity index (χ2v) is 6.54. The Balaban J connectivity index is 1.74. The van der Waals surface area contributed by atoms with Crippen molar-refractivity contribution in [1.29, 1.82) is 5.26 Å². The van der Waals surface area contributed by atoms with Crippen molar-refractivity contribution >= 4 is 0 Å². The van der Waals surface area contributed by atoms with Crippen molar-refractivity contribution < 1.29 is 4.39 Å². The fraction of sp³-hybridized carbons (Fsp3) is 0.381. The molecule has 23 heavy (non-hydrogen) atoms. The van der Waals surface area contributed by atoms with Crippen LogP contribution in [0.1, 0.15) is 49.7 Å². The summed E-state index contributed by atoms with van der Waals surface area (Å²) in [5, 5.41) is 8.87. The van der Waals surface area contributed by atoms with Crippen LogP contribution in [0.4, 0.5) is 4.39 Å². The lowest BCUT2D eigenvalue weighted by Gasteiger charge is -2.21. The molecule has 1 fully saturated rings. The maximum Gasteiger partial charge on any atom is 0.126 e. The van der Waals surface area contributed by atoms with Gasteiger partial charge in [-0.2, -0.15) is 5.26 Å². The summed E-state index contributed by atoms with van der Waals surface area (Å²) < 4.78 is 14.1. The first-order valence-corrected chi connectivity index (χ1v) is 8.55. The van der Waals surface area contributed by atoms with Crippen LogP contribution in [-0.2, 0) is 6.42 Å². The summed E-state index contributed by atoms with van der Waals surface area (Å²) in [5.41, 5.74) is 3.52. The molecule has 0 spiro atoms. The molecule has 1 aliphatic rings. The third kappa shape index (κ3) is 3.99. The predicted octanol–water partition coefficient (Wildman–Crippen LogP) is 5.88. The molecule has 118 valence electrons. The van der Waals surface area contributed by atoms with Gasteiger partial charge in [-0.15, -0.1) is 0 Å². The van der Waals surface area contributed by atoms with Crippen LogP contribution in [0.25, 0.3) is 11.1 Å². The van der Waals surface area contributed by atoms with Crippen molar-refractivity contribution in [2.45, 2.75) is 44.9 Å². The van der Waals surface area contributed by atoms with E-state index in [0.717, 1.165) is 35.4 Å². The zero-order valence-electron chi connectivity index (χ0n) is 13.4. The number of aryl methyl sites for hydroxylation is 1. The predicted molar refractivity (Wildman–Crippen MR) is 91.4 cm³/mol. The Morgan fingerprint density at radius 1 is 0.957 bits per heavy atom. The van der Waals surface area contributed by atoms with E-state index in [1.807, 2.05) is 24.3 Å². The standard InChI is InChI=1S/C21H22FN/c22-21-13-12-19(18-9-7-17(15-23)8-10-18)14-20(21)11-6-16-4-2-1-3-5-16/h7-10,12-14,16H,1-6,11H2. The summed E-state index contributed by atoms with van der Waals surface area (Å²) in [6.45, 7) is 0. The van der Waals surface area contributed by atoms with E-state index in [2.05, 4.69) is 6.07 Å². The topological polar surface area (TPSA) is 23.8 Å². The smallest absolute Gasteiger partial charge is 0.126 e. The van der Waals surface area contributed by atoms with E-state index in [1.54, 1.807) is 18.2 Å². The largest absolute Gasteiger partial charge is 0.207 e. The molecule has 0 amide bonds. The van der Waals surface area contributed by atoms with Crippen molar-refractivity contribution in [2.24, 2.45) is 5.92 Å². The summed E-state index contributed by atoms with van der Waals surface area (Å²) >= 11 is 0. The van der Waals surface area contributed by atoms with Gasteiger partial charge in [0, 0.05) is 0 Å². The Labute approximate surface area is 137 Å². The van der Waals surface area contributed by atoms with Crippen molar-refractivity contribution in [1.82, 2.24) is 0 Å². The van der Waals surface area contributed by atoms with Crippen LogP contribution in [0.2, 0.25) is 0 Å². The summed E-state index contributed by atoms with van der Waals surface area (Å²) in [5.74, 6) is 0.667. The number of halogens is 1. The van der Waals surface area contributed by atoms with Crippen LogP contribution >= 0.6 is 0 Å². The maximum atomic E-state index is 14.1. The second-order valence-electron chi connectivity index (χ2n) is 6.54. The van der Waals surface area contributed by atoms with Gasteiger partial charge in [0.2, 0.25) is 0 Å². The van der Waals surface area contributed by atoms with Gasteiger partial charge in [-0.05, 0) is 59.7 Å². The minimum atomic E-state index is -0.0989. The van der Waals surface area contributed by atoms with E-state index >= 15 is 0 Å². The molecule has 0 aliphatic heterocycles. The molecule has 0 aromatic heterocycles. The zero-order chi connectivity index (χ0) is 16.1. The SMILES string of the molecule is N#Cc1ccc(-c2ccc(F)c(CCC3CCCCC3)c2)cc1. The van der Waals surface area contributed by atoms with E-state index in [1.165, 1.54) is 32.1 Å². The monoisotopic (exact) mass is 307 g/mol.